The predicted octanol–water partition coefficient (Wildman–Crippen LogP) is -0.00640. The Balaban J connectivity index is 2.16. The minimum absolute atomic E-state index is 0.288. The van der Waals surface area contributed by atoms with Crippen molar-refractivity contribution in [3.63, 3.8) is 0 Å². The molecule has 0 aliphatic heterocycles. The summed E-state index contributed by atoms with van der Waals surface area (Å²) in [6.07, 6.45) is 2.97. The molecular formula is C8H14N4O. The average Bonchev–Trinajstić information content (AvgIpc) is 2.45. The highest BCUT2D eigenvalue weighted by Gasteiger charge is 2.30. The van der Waals surface area contributed by atoms with Crippen LogP contribution in [0, 0.1) is 0 Å². The molecule has 1 heterocycles. The Morgan fingerprint density at radius 3 is 2.92 bits per heavy atom. The van der Waals surface area contributed by atoms with Crippen LogP contribution in [0.3, 0.4) is 0 Å². The van der Waals surface area contributed by atoms with Gasteiger partial charge in [-0.15, -0.1) is 5.10 Å². The molecule has 13 heavy (non-hydrogen) atoms. The van der Waals surface area contributed by atoms with Gasteiger partial charge < -0.3 is 10.8 Å². The molecule has 0 bridgehead atoms. The maximum absolute atomic E-state index is 9.40. The molecule has 0 spiro atoms. The van der Waals surface area contributed by atoms with Crippen LogP contribution in [0.2, 0.25) is 0 Å². The molecular weight excluding hydrogens is 168 g/mol. The van der Waals surface area contributed by atoms with Crippen molar-refractivity contribution in [1.82, 2.24) is 15.0 Å². The molecule has 0 aromatic carbocycles. The van der Waals surface area contributed by atoms with E-state index in [1.165, 1.54) is 0 Å². The van der Waals surface area contributed by atoms with Gasteiger partial charge in [-0.25, -0.2) is 4.68 Å². The van der Waals surface area contributed by atoms with Crippen molar-refractivity contribution in [1.29, 1.82) is 0 Å². The van der Waals surface area contributed by atoms with E-state index in [0.717, 1.165) is 18.5 Å². The summed E-state index contributed by atoms with van der Waals surface area (Å²) in [6.45, 7) is 1.72. The number of aliphatic hydroxyl groups is 1. The Hall–Kier alpha value is -0.940. The summed E-state index contributed by atoms with van der Waals surface area (Å²) in [5, 5.41) is 17.1. The van der Waals surface area contributed by atoms with Gasteiger partial charge in [0.25, 0.3) is 0 Å². The van der Waals surface area contributed by atoms with Crippen molar-refractivity contribution in [2.75, 3.05) is 0 Å². The van der Waals surface area contributed by atoms with Crippen LogP contribution in [0.4, 0.5) is 0 Å². The first-order chi connectivity index (χ1) is 6.18. The lowest BCUT2D eigenvalue weighted by Gasteiger charge is -2.33. The summed E-state index contributed by atoms with van der Waals surface area (Å²) < 4.78 is 1.79. The largest absolute Gasteiger partial charge is 0.387 e. The molecule has 3 N–H and O–H groups in total. The summed E-state index contributed by atoms with van der Waals surface area (Å²) in [5.41, 5.74) is 6.45. The Kier molecular flexibility index (Phi) is 2.05. The van der Waals surface area contributed by atoms with E-state index in [0.29, 0.717) is 6.04 Å². The number of aromatic nitrogens is 3. The minimum atomic E-state index is -0.508. The number of nitrogens with zero attached hydrogens (tertiary/aromatic N) is 3. The average molecular weight is 182 g/mol. The van der Waals surface area contributed by atoms with E-state index in [4.69, 9.17) is 5.73 Å². The molecule has 5 nitrogen and oxygen atoms in total. The Morgan fingerprint density at radius 1 is 1.69 bits per heavy atom. The zero-order chi connectivity index (χ0) is 9.42. The van der Waals surface area contributed by atoms with Crippen LogP contribution in [0.1, 0.15) is 37.6 Å². The number of hydrogen-bond donors (Lipinski definition) is 2. The van der Waals surface area contributed by atoms with E-state index in [-0.39, 0.29) is 6.04 Å². The molecule has 1 atom stereocenters. The van der Waals surface area contributed by atoms with E-state index in [1.54, 1.807) is 17.8 Å². The van der Waals surface area contributed by atoms with E-state index in [2.05, 4.69) is 10.3 Å². The third-order valence-corrected chi connectivity index (χ3v) is 2.53. The molecule has 1 aromatic heterocycles. The van der Waals surface area contributed by atoms with Crippen LogP contribution in [0.15, 0.2) is 6.20 Å². The number of hydrogen-bond acceptors (Lipinski definition) is 4. The molecule has 1 saturated carbocycles. The lowest BCUT2D eigenvalue weighted by Crippen LogP contribution is -2.38. The van der Waals surface area contributed by atoms with Crippen molar-refractivity contribution in [3.8, 4) is 0 Å². The van der Waals surface area contributed by atoms with Crippen molar-refractivity contribution in [2.45, 2.75) is 38.0 Å². The second kappa shape index (κ2) is 3.08. The SMILES string of the molecule is C[C@@H](O)c1cnnn1C1CC(N)C1. The molecule has 1 aliphatic rings. The van der Waals surface area contributed by atoms with E-state index >= 15 is 0 Å². The lowest BCUT2D eigenvalue weighted by atomic mass is 9.87. The Morgan fingerprint density at radius 2 is 2.38 bits per heavy atom. The highest BCUT2D eigenvalue weighted by atomic mass is 16.3. The fourth-order valence-electron chi connectivity index (χ4n) is 1.66. The van der Waals surface area contributed by atoms with Gasteiger partial charge >= 0.3 is 0 Å². The first-order valence-corrected chi connectivity index (χ1v) is 4.52. The zero-order valence-electron chi connectivity index (χ0n) is 7.59. The van der Waals surface area contributed by atoms with E-state index in [9.17, 15) is 5.11 Å². The van der Waals surface area contributed by atoms with Crippen molar-refractivity contribution >= 4 is 0 Å². The van der Waals surface area contributed by atoms with Gasteiger partial charge in [-0.1, -0.05) is 5.21 Å². The first-order valence-electron chi connectivity index (χ1n) is 4.52. The van der Waals surface area contributed by atoms with Gasteiger partial charge in [0.2, 0.25) is 0 Å². The zero-order valence-corrected chi connectivity index (χ0v) is 7.59. The second-order valence-corrected chi connectivity index (χ2v) is 3.66. The van der Waals surface area contributed by atoms with Gasteiger partial charge in [0.05, 0.1) is 24.0 Å². The van der Waals surface area contributed by atoms with Gasteiger partial charge in [0.15, 0.2) is 0 Å². The predicted molar refractivity (Wildman–Crippen MR) is 46.9 cm³/mol. The highest BCUT2D eigenvalue weighted by Crippen LogP contribution is 2.31. The second-order valence-electron chi connectivity index (χ2n) is 3.66. The fraction of sp³-hybridized carbons (Fsp3) is 0.750. The standard InChI is InChI=1S/C8H14N4O/c1-5(13)8-4-10-11-12(8)7-2-6(9)3-7/h4-7,13H,2-3,9H2,1H3/t5-,6?,7?/m1/s1. The number of rotatable bonds is 2. The maximum atomic E-state index is 9.40. The van der Waals surface area contributed by atoms with Crippen LogP contribution in [0.5, 0.6) is 0 Å². The lowest BCUT2D eigenvalue weighted by molar-refractivity contribution is 0.166. The van der Waals surface area contributed by atoms with Crippen LogP contribution in [0.25, 0.3) is 0 Å². The van der Waals surface area contributed by atoms with Gasteiger partial charge in [-0.2, -0.15) is 0 Å². The van der Waals surface area contributed by atoms with Gasteiger partial charge in [0, 0.05) is 6.04 Å². The van der Waals surface area contributed by atoms with Crippen molar-refractivity contribution < 1.29 is 5.11 Å². The summed E-state index contributed by atoms with van der Waals surface area (Å²) in [6, 6.07) is 0.623. The molecule has 0 saturated heterocycles. The summed E-state index contributed by atoms with van der Waals surface area (Å²) in [4.78, 5) is 0. The van der Waals surface area contributed by atoms with Crippen molar-refractivity contribution in [2.24, 2.45) is 5.73 Å². The molecule has 0 radical (unpaired) electrons. The Bertz CT molecular complexity index is 290. The quantitative estimate of drug-likeness (QED) is 0.674. The summed E-state index contributed by atoms with van der Waals surface area (Å²) in [7, 11) is 0. The fourth-order valence-corrected chi connectivity index (χ4v) is 1.66. The highest BCUT2D eigenvalue weighted by molar-refractivity contribution is 5.02. The maximum Gasteiger partial charge on any atom is 0.0945 e. The number of aliphatic hydroxyl groups excluding tert-OH is 1. The molecule has 1 aromatic rings. The molecule has 0 amide bonds. The topological polar surface area (TPSA) is 77.0 Å². The molecule has 1 aliphatic carbocycles. The van der Waals surface area contributed by atoms with Crippen LogP contribution in [-0.4, -0.2) is 26.1 Å². The van der Waals surface area contributed by atoms with Gasteiger partial charge in [0.1, 0.15) is 0 Å². The molecule has 5 heteroatoms. The molecule has 0 unspecified atom stereocenters. The normalized spacial score (nSPS) is 29.8. The van der Waals surface area contributed by atoms with E-state index in [1.807, 2.05) is 0 Å². The third kappa shape index (κ3) is 1.45. The van der Waals surface area contributed by atoms with Crippen LogP contribution in [-0.2, 0) is 0 Å². The molecule has 1 fully saturated rings. The first kappa shape index (κ1) is 8.65. The third-order valence-electron chi connectivity index (χ3n) is 2.53. The Labute approximate surface area is 76.5 Å². The number of nitrogens with two attached hydrogens (primary N) is 1. The van der Waals surface area contributed by atoms with Crippen molar-refractivity contribution in [3.05, 3.63) is 11.9 Å². The molecule has 2 rings (SSSR count). The molecule has 72 valence electrons. The van der Waals surface area contributed by atoms with E-state index < -0.39 is 6.10 Å². The minimum Gasteiger partial charge on any atom is -0.387 e. The van der Waals surface area contributed by atoms with Gasteiger partial charge in [-0.3, -0.25) is 0 Å². The van der Waals surface area contributed by atoms with Gasteiger partial charge in [-0.05, 0) is 19.8 Å². The summed E-state index contributed by atoms with van der Waals surface area (Å²) in [5.74, 6) is 0. The summed E-state index contributed by atoms with van der Waals surface area (Å²) >= 11 is 0. The smallest absolute Gasteiger partial charge is 0.0945 e. The van der Waals surface area contributed by atoms with Crippen LogP contribution < -0.4 is 5.73 Å². The monoisotopic (exact) mass is 182 g/mol. The van der Waals surface area contributed by atoms with Crippen LogP contribution >= 0.6 is 0 Å².